The molecule has 1 atom stereocenters. The van der Waals surface area contributed by atoms with Gasteiger partial charge in [0.05, 0.1) is 0 Å². The molecule has 0 aromatic heterocycles. The standard InChI is InChI=1S/C16H24F2N2/c1-11(2)7-8-20(13-4-5-13)16(10-19)12-3-6-14(17)15(18)9-12/h3,6,9,11,13,16H,4-5,7-8,10,19H2,1-2H3. The first-order valence-corrected chi connectivity index (χ1v) is 7.43. The van der Waals surface area contributed by atoms with Crippen LogP contribution < -0.4 is 5.73 Å². The average molecular weight is 282 g/mol. The van der Waals surface area contributed by atoms with Gasteiger partial charge in [0.2, 0.25) is 0 Å². The van der Waals surface area contributed by atoms with Crippen molar-refractivity contribution < 1.29 is 8.78 Å². The average Bonchev–Trinajstić information content (AvgIpc) is 3.22. The summed E-state index contributed by atoms with van der Waals surface area (Å²) in [6.45, 7) is 5.78. The van der Waals surface area contributed by atoms with Gasteiger partial charge in [-0.05, 0) is 49.4 Å². The molecule has 0 bridgehead atoms. The summed E-state index contributed by atoms with van der Waals surface area (Å²) in [6, 6.07) is 4.67. The Labute approximate surface area is 120 Å². The molecule has 0 radical (unpaired) electrons. The van der Waals surface area contributed by atoms with Crippen molar-refractivity contribution in [1.29, 1.82) is 0 Å². The van der Waals surface area contributed by atoms with Gasteiger partial charge >= 0.3 is 0 Å². The van der Waals surface area contributed by atoms with Crippen LogP contribution >= 0.6 is 0 Å². The predicted octanol–water partition coefficient (Wildman–Crippen LogP) is 3.48. The van der Waals surface area contributed by atoms with Gasteiger partial charge in [-0.25, -0.2) is 8.78 Å². The Balaban J connectivity index is 2.16. The maximum Gasteiger partial charge on any atom is 0.159 e. The molecule has 2 nitrogen and oxygen atoms in total. The normalized spacial score (nSPS) is 16.9. The Hall–Kier alpha value is -1.00. The predicted molar refractivity (Wildman–Crippen MR) is 77.3 cm³/mol. The van der Waals surface area contributed by atoms with Gasteiger partial charge in [-0.3, -0.25) is 4.90 Å². The molecule has 0 aliphatic heterocycles. The smallest absolute Gasteiger partial charge is 0.159 e. The Morgan fingerprint density at radius 3 is 2.45 bits per heavy atom. The Bertz CT molecular complexity index is 444. The van der Waals surface area contributed by atoms with E-state index in [0.29, 0.717) is 18.5 Å². The van der Waals surface area contributed by atoms with Gasteiger partial charge in [0, 0.05) is 18.6 Å². The van der Waals surface area contributed by atoms with Crippen molar-refractivity contribution >= 4 is 0 Å². The minimum atomic E-state index is -0.801. The topological polar surface area (TPSA) is 29.3 Å². The van der Waals surface area contributed by atoms with E-state index in [1.807, 2.05) is 0 Å². The SMILES string of the molecule is CC(C)CCN(C1CC1)C(CN)c1ccc(F)c(F)c1. The number of benzene rings is 1. The summed E-state index contributed by atoms with van der Waals surface area (Å²) in [6.07, 6.45) is 3.45. The summed E-state index contributed by atoms with van der Waals surface area (Å²) in [5, 5.41) is 0. The number of nitrogens with two attached hydrogens (primary N) is 1. The van der Waals surface area contributed by atoms with E-state index in [0.717, 1.165) is 18.5 Å². The van der Waals surface area contributed by atoms with Crippen LogP contribution in [0.15, 0.2) is 18.2 Å². The molecule has 1 aliphatic carbocycles. The second kappa shape index (κ2) is 6.64. The summed E-state index contributed by atoms with van der Waals surface area (Å²) < 4.78 is 26.5. The lowest BCUT2D eigenvalue weighted by Crippen LogP contribution is -2.36. The van der Waals surface area contributed by atoms with Crippen LogP contribution in [0.5, 0.6) is 0 Å². The zero-order valence-corrected chi connectivity index (χ0v) is 12.3. The number of hydrogen-bond donors (Lipinski definition) is 1. The largest absolute Gasteiger partial charge is 0.329 e. The second-order valence-electron chi connectivity index (χ2n) is 6.08. The van der Waals surface area contributed by atoms with Crippen LogP contribution in [-0.2, 0) is 0 Å². The second-order valence-corrected chi connectivity index (χ2v) is 6.08. The highest BCUT2D eigenvalue weighted by Gasteiger charge is 2.34. The molecule has 1 aliphatic rings. The summed E-state index contributed by atoms with van der Waals surface area (Å²) in [4.78, 5) is 2.37. The molecule has 0 spiro atoms. The van der Waals surface area contributed by atoms with E-state index in [-0.39, 0.29) is 6.04 Å². The molecule has 0 amide bonds. The van der Waals surface area contributed by atoms with E-state index in [1.54, 1.807) is 6.07 Å². The molecule has 2 N–H and O–H groups in total. The van der Waals surface area contributed by atoms with Crippen molar-refractivity contribution in [2.24, 2.45) is 11.7 Å². The Kier molecular flexibility index (Phi) is 5.11. The van der Waals surface area contributed by atoms with Crippen molar-refractivity contribution in [1.82, 2.24) is 4.90 Å². The zero-order valence-electron chi connectivity index (χ0n) is 12.3. The van der Waals surface area contributed by atoms with Crippen molar-refractivity contribution in [3.8, 4) is 0 Å². The lowest BCUT2D eigenvalue weighted by molar-refractivity contribution is 0.180. The van der Waals surface area contributed by atoms with Crippen LogP contribution in [0.3, 0.4) is 0 Å². The molecular formula is C16H24F2N2. The van der Waals surface area contributed by atoms with Gasteiger partial charge in [0.15, 0.2) is 11.6 Å². The molecule has 1 aromatic carbocycles. The lowest BCUT2D eigenvalue weighted by Gasteiger charge is -2.32. The minimum Gasteiger partial charge on any atom is -0.329 e. The maximum atomic E-state index is 13.4. The fourth-order valence-electron chi connectivity index (χ4n) is 2.59. The summed E-state index contributed by atoms with van der Waals surface area (Å²) in [5.41, 5.74) is 6.69. The van der Waals surface area contributed by atoms with E-state index in [4.69, 9.17) is 5.73 Å². The van der Waals surface area contributed by atoms with Crippen LogP contribution in [0.25, 0.3) is 0 Å². The van der Waals surface area contributed by atoms with Gasteiger partial charge in [0.25, 0.3) is 0 Å². The van der Waals surface area contributed by atoms with E-state index in [9.17, 15) is 8.78 Å². The van der Waals surface area contributed by atoms with E-state index >= 15 is 0 Å². The highest BCUT2D eigenvalue weighted by atomic mass is 19.2. The molecule has 112 valence electrons. The van der Waals surface area contributed by atoms with Crippen molar-refractivity contribution in [3.63, 3.8) is 0 Å². The molecule has 0 saturated heterocycles. The third-order valence-electron chi connectivity index (χ3n) is 3.93. The summed E-state index contributed by atoms with van der Waals surface area (Å²) in [5.74, 6) is -0.968. The zero-order chi connectivity index (χ0) is 14.7. The van der Waals surface area contributed by atoms with E-state index in [2.05, 4.69) is 18.7 Å². The highest BCUT2D eigenvalue weighted by Crippen LogP contribution is 2.34. The van der Waals surface area contributed by atoms with Crippen LogP contribution in [0.1, 0.15) is 44.7 Å². The molecule has 2 rings (SSSR count). The van der Waals surface area contributed by atoms with Crippen LogP contribution in [0.2, 0.25) is 0 Å². The van der Waals surface area contributed by atoms with Crippen molar-refractivity contribution in [2.75, 3.05) is 13.1 Å². The third-order valence-corrected chi connectivity index (χ3v) is 3.93. The first-order chi connectivity index (χ1) is 9.52. The molecule has 1 unspecified atom stereocenters. The van der Waals surface area contributed by atoms with Crippen molar-refractivity contribution in [3.05, 3.63) is 35.4 Å². The fourth-order valence-corrected chi connectivity index (χ4v) is 2.59. The number of hydrogen-bond acceptors (Lipinski definition) is 2. The Morgan fingerprint density at radius 2 is 1.95 bits per heavy atom. The van der Waals surface area contributed by atoms with Crippen LogP contribution in [0.4, 0.5) is 8.78 Å². The maximum absolute atomic E-state index is 13.4. The third kappa shape index (κ3) is 3.76. The van der Waals surface area contributed by atoms with Gasteiger partial charge in [0.1, 0.15) is 0 Å². The van der Waals surface area contributed by atoms with Gasteiger partial charge in [-0.1, -0.05) is 19.9 Å². The molecule has 1 saturated carbocycles. The van der Waals surface area contributed by atoms with Gasteiger partial charge in [-0.15, -0.1) is 0 Å². The number of halogens is 2. The van der Waals surface area contributed by atoms with Crippen LogP contribution in [0, 0.1) is 17.6 Å². The van der Waals surface area contributed by atoms with Crippen molar-refractivity contribution in [2.45, 2.75) is 45.2 Å². The first-order valence-electron chi connectivity index (χ1n) is 7.43. The molecule has 4 heteroatoms. The van der Waals surface area contributed by atoms with E-state index < -0.39 is 11.6 Å². The highest BCUT2D eigenvalue weighted by molar-refractivity contribution is 5.22. The number of nitrogens with zero attached hydrogens (tertiary/aromatic N) is 1. The summed E-state index contributed by atoms with van der Waals surface area (Å²) >= 11 is 0. The fraction of sp³-hybridized carbons (Fsp3) is 0.625. The molecular weight excluding hydrogens is 258 g/mol. The van der Waals surface area contributed by atoms with Crippen LogP contribution in [-0.4, -0.2) is 24.0 Å². The van der Waals surface area contributed by atoms with Gasteiger partial charge < -0.3 is 5.73 Å². The molecule has 1 aromatic rings. The quantitative estimate of drug-likeness (QED) is 0.829. The van der Waals surface area contributed by atoms with E-state index in [1.165, 1.54) is 25.0 Å². The Morgan fingerprint density at radius 1 is 1.25 bits per heavy atom. The molecule has 0 heterocycles. The lowest BCUT2D eigenvalue weighted by atomic mass is 10.0. The minimum absolute atomic E-state index is 0.0173. The first kappa shape index (κ1) is 15.4. The number of rotatable bonds is 7. The van der Waals surface area contributed by atoms with Gasteiger partial charge in [-0.2, -0.15) is 0 Å². The monoisotopic (exact) mass is 282 g/mol. The summed E-state index contributed by atoms with van der Waals surface area (Å²) in [7, 11) is 0. The molecule has 1 fully saturated rings. The molecule has 20 heavy (non-hydrogen) atoms.